The predicted molar refractivity (Wildman–Crippen MR) is 99.3 cm³/mol. The highest BCUT2D eigenvalue weighted by Crippen LogP contribution is 2.40. The van der Waals surface area contributed by atoms with Gasteiger partial charge in [0.15, 0.2) is 0 Å². The quantitative estimate of drug-likeness (QED) is 0.805. The van der Waals surface area contributed by atoms with Crippen molar-refractivity contribution in [3.05, 3.63) is 46.3 Å². The van der Waals surface area contributed by atoms with Crippen molar-refractivity contribution < 1.29 is 5.11 Å². The van der Waals surface area contributed by atoms with Crippen LogP contribution in [0.2, 0.25) is 19.1 Å². The maximum atomic E-state index is 9.42. The molecule has 2 nitrogen and oxygen atoms in total. The second-order valence-corrected chi connectivity index (χ2v) is 12.9. The molecule has 120 valence electrons. The Morgan fingerprint density at radius 2 is 1.82 bits per heavy atom. The summed E-state index contributed by atoms with van der Waals surface area (Å²) in [4.78, 5) is 0. The van der Waals surface area contributed by atoms with Crippen molar-refractivity contribution >= 4 is 19.7 Å². The lowest BCUT2D eigenvalue weighted by Gasteiger charge is -2.29. The first-order valence-electron chi connectivity index (χ1n) is 8.07. The van der Waals surface area contributed by atoms with E-state index in [9.17, 15) is 5.11 Å². The fraction of sp³-hybridized carbons (Fsp3) is 0.474. The van der Waals surface area contributed by atoms with Gasteiger partial charge in [-0.2, -0.15) is 0 Å². The van der Waals surface area contributed by atoms with Crippen LogP contribution in [0.1, 0.15) is 38.8 Å². The van der Waals surface area contributed by atoms with Crippen molar-refractivity contribution in [3.8, 4) is 0 Å². The minimum absolute atomic E-state index is 0.0298. The summed E-state index contributed by atoms with van der Waals surface area (Å²) < 4.78 is 0. The van der Waals surface area contributed by atoms with Gasteiger partial charge in [-0.15, -0.1) is 0 Å². The van der Waals surface area contributed by atoms with E-state index < -0.39 is 8.07 Å². The molecule has 1 aromatic carbocycles. The topological polar surface area (TPSA) is 32.3 Å². The van der Waals surface area contributed by atoms with Crippen molar-refractivity contribution in [2.75, 3.05) is 6.61 Å². The summed E-state index contributed by atoms with van der Waals surface area (Å²) in [7, 11) is -1.61. The van der Waals surface area contributed by atoms with Gasteiger partial charge in [-0.1, -0.05) is 42.6 Å². The molecular formula is C19H29NOSi. The summed E-state index contributed by atoms with van der Waals surface area (Å²) in [5, 5.41) is 14.6. The van der Waals surface area contributed by atoms with Gasteiger partial charge in [0.2, 0.25) is 0 Å². The van der Waals surface area contributed by atoms with Crippen LogP contribution in [0.25, 0.3) is 11.6 Å². The molecule has 0 bridgehead atoms. The van der Waals surface area contributed by atoms with Gasteiger partial charge in [-0.25, -0.2) is 0 Å². The maximum absolute atomic E-state index is 9.42. The third-order valence-electron chi connectivity index (χ3n) is 4.44. The molecule has 0 spiro atoms. The van der Waals surface area contributed by atoms with Crippen molar-refractivity contribution in [1.29, 1.82) is 0 Å². The van der Waals surface area contributed by atoms with Crippen LogP contribution in [0.5, 0.6) is 0 Å². The van der Waals surface area contributed by atoms with E-state index in [1.54, 1.807) is 0 Å². The molecule has 0 saturated carbocycles. The van der Waals surface area contributed by atoms with Crippen molar-refractivity contribution in [2.24, 2.45) is 0 Å². The predicted octanol–water partition coefficient (Wildman–Crippen LogP) is 4.44. The van der Waals surface area contributed by atoms with Crippen molar-refractivity contribution in [2.45, 2.75) is 52.4 Å². The molecule has 1 aliphatic rings. The monoisotopic (exact) mass is 315 g/mol. The van der Waals surface area contributed by atoms with Gasteiger partial charge >= 0.3 is 0 Å². The zero-order valence-electron chi connectivity index (χ0n) is 14.7. The fourth-order valence-corrected chi connectivity index (χ4v) is 4.82. The molecular weight excluding hydrogens is 286 g/mol. The molecule has 0 heterocycles. The lowest BCUT2D eigenvalue weighted by Crippen LogP contribution is -2.36. The number of hydrogen-bond donors (Lipinski definition) is 2. The lowest BCUT2D eigenvalue weighted by molar-refractivity contribution is 0.316. The molecule has 2 rings (SSSR count). The number of aliphatic hydroxyl groups excluding tert-OH is 1. The van der Waals surface area contributed by atoms with Crippen LogP contribution in [-0.2, 0) is 0 Å². The number of hydrogen-bond acceptors (Lipinski definition) is 2. The molecule has 0 radical (unpaired) electrons. The lowest BCUT2D eigenvalue weighted by atomic mass is 10.0. The van der Waals surface area contributed by atoms with E-state index in [0.717, 1.165) is 6.04 Å². The van der Waals surface area contributed by atoms with Gasteiger partial charge in [0, 0.05) is 23.4 Å². The second kappa shape index (κ2) is 6.05. The van der Waals surface area contributed by atoms with Gasteiger partial charge in [0.05, 0.1) is 8.07 Å². The summed E-state index contributed by atoms with van der Waals surface area (Å²) in [6, 6.07) is 9.51. The molecule has 0 saturated heterocycles. The second-order valence-electron chi connectivity index (χ2n) is 7.88. The van der Waals surface area contributed by atoms with Crippen LogP contribution < -0.4 is 5.32 Å². The molecule has 0 aromatic heterocycles. The minimum atomic E-state index is -1.61. The molecule has 22 heavy (non-hydrogen) atoms. The third kappa shape index (κ3) is 3.53. The van der Waals surface area contributed by atoms with Crippen LogP contribution >= 0.6 is 0 Å². The van der Waals surface area contributed by atoms with Crippen LogP contribution in [0.4, 0.5) is 0 Å². The smallest absolute Gasteiger partial charge is 0.0782 e. The number of fused-ring (bicyclic) bond motifs is 1. The summed E-state index contributed by atoms with van der Waals surface area (Å²) in [6.07, 6.45) is 2.27. The standard InChI is InChI=1S/C19H29NOSi/c1-14(22(5,6)12-11-21)18-16-10-8-7-9-15(16)13-17(18)20-19(2,3)4/h7-10,13,20-21H,11-12H2,1-6H3. The molecule has 0 amide bonds. The first kappa shape index (κ1) is 17.0. The zero-order valence-corrected chi connectivity index (χ0v) is 15.7. The van der Waals surface area contributed by atoms with E-state index >= 15 is 0 Å². The summed E-state index contributed by atoms with van der Waals surface area (Å²) in [5.74, 6) is 0. The number of rotatable bonds is 4. The van der Waals surface area contributed by atoms with Gasteiger partial charge < -0.3 is 10.4 Å². The van der Waals surface area contributed by atoms with Crippen molar-refractivity contribution in [3.63, 3.8) is 0 Å². The van der Waals surface area contributed by atoms with E-state index in [-0.39, 0.29) is 12.1 Å². The molecule has 0 fully saturated rings. The average Bonchev–Trinajstić information content (AvgIpc) is 2.72. The Labute approximate surface area is 136 Å². The maximum Gasteiger partial charge on any atom is 0.0782 e. The molecule has 3 heteroatoms. The van der Waals surface area contributed by atoms with Crippen LogP contribution in [0.15, 0.2) is 35.2 Å². The van der Waals surface area contributed by atoms with Gasteiger partial charge in [0.25, 0.3) is 0 Å². The Morgan fingerprint density at radius 1 is 1.18 bits per heavy atom. The summed E-state index contributed by atoms with van der Waals surface area (Å²) in [6.45, 7) is 13.8. The summed E-state index contributed by atoms with van der Waals surface area (Å²) in [5.41, 5.74) is 5.23. The molecule has 0 aliphatic heterocycles. The number of nitrogens with one attached hydrogen (secondary N) is 1. The molecule has 0 unspecified atom stereocenters. The van der Waals surface area contributed by atoms with Gasteiger partial charge in [-0.3, -0.25) is 0 Å². The molecule has 0 atom stereocenters. The number of aliphatic hydroxyl groups is 1. The SMILES string of the molecule is CC(=C1C(NC(C)(C)C)=Cc2ccccc21)[Si](C)(C)CCO. The fourth-order valence-electron chi connectivity index (χ4n) is 2.94. The van der Waals surface area contributed by atoms with Crippen LogP contribution in [0, 0.1) is 0 Å². The Kier molecular flexibility index (Phi) is 4.69. The van der Waals surface area contributed by atoms with E-state index in [0.29, 0.717) is 0 Å². The number of allylic oxidation sites excluding steroid dienone is 2. The van der Waals surface area contributed by atoms with E-state index in [2.05, 4.69) is 76.4 Å². The van der Waals surface area contributed by atoms with Crippen LogP contribution in [-0.4, -0.2) is 25.3 Å². The molecule has 1 aromatic rings. The highest BCUT2D eigenvalue weighted by molar-refractivity contribution is 6.85. The highest BCUT2D eigenvalue weighted by atomic mass is 28.3. The normalized spacial score (nSPS) is 17.1. The van der Waals surface area contributed by atoms with Gasteiger partial charge in [-0.05, 0) is 50.9 Å². The average molecular weight is 316 g/mol. The zero-order chi connectivity index (χ0) is 16.5. The Hall–Kier alpha value is -1.32. The Balaban J connectivity index is 2.56. The number of benzene rings is 1. The van der Waals surface area contributed by atoms with E-state index in [4.69, 9.17) is 0 Å². The van der Waals surface area contributed by atoms with E-state index in [1.807, 2.05) is 0 Å². The Bertz CT molecular complexity index is 621. The van der Waals surface area contributed by atoms with Crippen molar-refractivity contribution in [1.82, 2.24) is 5.32 Å². The van der Waals surface area contributed by atoms with Gasteiger partial charge in [0.1, 0.15) is 0 Å². The molecule has 1 aliphatic carbocycles. The Morgan fingerprint density at radius 3 is 2.41 bits per heavy atom. The first-order chi connectivity index (χ1) is 10.2. The summed E-state index contributed by atoms with van der Waals surface area (Å²) >= 11 is 0. The first-order valence-corrected chi connectivity index (χ1v) is 11.3. The van der Waals surface area contributed by atoms with E-state index in [1.165, 1.54) is 27.6 Å². The largest absolute Gasteiger partial charge is 0.397 e. The third-order valence-corrected chi connectivity index (χ3v) is 8.19. The van der Waals surface area contributed by atoms with Crippen LogP contribution in [0.3, 0.4) is 0 Å². The molecule has 2 N–H and O–H groups in total. The highest BCUT2D eigenvalue weighted by Gasteiger charge is 2.30. The minimum Gasteiger partial charge on any atom is -0.397 e.